The van der Waals surface area contributed by atoms with Gasteiger partial charge < -0.3 is 24.4 Å². The number of halogens is 1. The quantitative estimate of drug-likeness (QED) is 0.296. The first kappa shape index (κ1) is 29.9. The van der Waals surface area contributed by atoms with E-state index in [2.05, 4.69) is 35.3 Å². The molecule has 2 heterocycles. The average molecular weight is 575 g/mol. The van der Waals surface area contributed by atoms with Gasteiger partial charge in [-0.2, -0.15) is 0 Å². The molecule has 1 atom stereocenters. The number of carbonyl (C=O) groups excluding carboxylic acids is 1. The van der Waals surface area contributed by atoms with Crippen LogP contribution in [-0.4, -0.2) is 37.0 Å². The molecule has 0 aliphatic carbocycles. The molecule has 0 aromatic heterocycles. The van der Waals surface area contributed by atoms with E-state index in [1.165, 1.54) is 0 Å². The summed E-state index contributed by atoms with van der Waals surface area (Å²) in [7, 11) is 0. The Hall–Kier alpha value is -3.58. The third kappa shape index (κ3) is 6.89. The van der Waals surface area contributed by atoms with Gasteiger partial charge in [-0.15, -0.1) is 0 Å². The SMILES string of the molecule is CCc1ccccc1OCc1cc(-c2cccc(C(C)NC(=O)OC(C)(C)C)c2F)cc(N2CCC3(CCO3)CC2)c1. The number of carbonyl (C=O) groups is 1. The number of nitrogens with zero attached hydrogens (tertiary/aromatic N) is 1. The van der Waals surface area contributed by atoms with Gasteiger partial charge in [0.25, 0.3) is 0 Å². The Bertz CT molecular complexity index is 1400. The number of anilines is 1. The monoisotopic (exact) mass is 574 g/mol. The molecular weight excluding hydrogens is 531 g/mol. The van der Waals surface area contributed by atoms with Crippen molar-refractivity contribution in [1.82, 2.24) is 5.32 Å². The fraction of sp³-hybridized carbons (Fsp3) is 0.457. The lowest BCUT2D eigenvalue weighted by atomic mass is 9.84. The van der Waals surface area contributed by atoms with Crippen molar-refractivity contribution in [3.8, 4) is 16.9 Å². The number of aryl methyl sites for hydroxylation is 1. The molecule has 1 unspecified atom stereocenters. The summed E-state index contributed by atoms with van der Waals surface area (Å²) in [6.07, 6.45) is 3.42. The van der Waals surface area contributed by atoms with E-state index in [-0.39, 0.29) is 11.4 Å². The van der Waals surface area contributed by atoms with Crippen molar-refractivity contribution in [3.05, 3.63) is 83.2 Å². The van der Waals surface area contributed by atoms with Crippen LogP contribution in [0.5, 0.6) is 5.75 Å². The highest BCUT2D eigenvalue weighted by Gasteiger charge is 2.41. The van der Waals surface area contributed by atoms with E-state index in [0.29, 0.717) is 17.7 Å². The normalized spacial score (nSPS) is 17.0. The summed E-state index contributed by atoms with van der Waals surface area (Å²) in [5, 5.41) is 2.77. The fourth-order valence-corrected chi connectivity index (χ4v) is 5.82. The number of nitrogens with one attached hydrogen (secondary N) is 1. The molecule has 0 radical (unpaired) electrons. The van der Waals surface area contributed by atoms with Crippen LogP contribution in [0, 0.1) is 5.82 Å². The van der Waals surface area contributed by atoms with Crippen LogP contribution >= 0.6 is 0 Å². The minimum absolute atomic E-state index is 0.0433. The van der Waals surface area contributed by atoms with Crippen LogP contribution in [0.2, 0.25) is 0 Å². The summed E-state index contributed by atoms with van der Waals surface area (Å²) in [4.78, 5) is 14.8. The van der Waals surface area contributed by atoms with Gasteiger partial charge in [-0.25, -0.2) is 9.18 Å². The van der Waals surface area contributed by atoms with Gasteiger partial charge in [-0.1, -0.05) is 43.3 Å². The second kappa shape index (κ2) is 12.3. The Balaban J connectivity index is 1.44. The van der Waals surface area contributed by atoms with Crippen LogP contribution in [0.4, 0.5) is 14.9 Å². The van der Waals surface area contributed by atoms with E-state index in [1.54, 1.807) is 39.8 Å². The number of hydrogen-bond acceptors (Lipinski definition) is 5. The number of amides is 1. The third-order valence-corrected chi connectivity index (χ3v) is 8.27. The molecule has 0 saturated carbocycles. The largest absolute Gasteiger partial charge is 0.489 e. The van der Waals surface area contributed by atoms with Crippen molar-refractivity contribution >= 4 is 11.8 Å². The summed E-state index contributed by atoms with van der Waals surface area (Å²) >= 11 is 0. The van der Waals surface area contributed by atoms with E-state index in [9.17, 15) is 4.79 Å². The number of para-hydroxylation sites is 1. The first-order valence-corrected chi connectivity index (χ1v) is 15.1. The highest BCUT2D eigenvalue weighted by atomic mass is 19.1. The lowest BCUT2D eigenvalue weighted by molar-refractivity contribution is -0.158. The minimum atomic E-state index is -0.639. The van der Waals surface area contributed by atoms with Crippen molar-refractivity contribution in [2.75, 3.05) is 24.6 Å². The van der Waals surface area contributed by atoms with Crippen LogP contribution in [0.15, 0.2) is 60.7 Å². The zero-order valence-corrected chi connectivity index (χ0v) is 25.5. The number of hydrogen-bond donors (Lipinski definition) is 1. The molecule has 1 spiro atoms. The summed E-state index contributed by atoms with van der Waals surface area (Å²) in [6, 6.07) is 19.1. The minimum Gasteiger partial charge on any atom is -0.489 e. The van der Waals surface area contributed by atoms with Crippen LogP contribution in [0.1, 0.15) is 76.6 Å². The van der Waals surface area contributed by atoms with Gasteiger partial charge in [0.2, 0.25) is 0 Å². The second-order valence-electron chi connectivity index (χ2n) is 12.5. The van der Waals surface area contributed by atoms with Gasteiger partial charge in [0.15, 0.2) is 0 Å². The Morgan fingerprint density at radius 1 is 1.07 bits per heavy atom. The molecule has 6 nitrogen and oxygen atoms in total. The summed E-state index contributed by atoms with van der Waals surface area (Å²) in [5.74, 6) is 0.506. The number of alkyl carbamates (subject to hydrolysis) is 1. The van der Waals surface area contributed by atoms with E-state index < -0.39 is 17.7 Å². The van der Waals surface area contributed by atoms with Crippen LogP contribution in [0.3, 0.4) is 0 Å². The summed E-state index contributed by atoms with van der Waals surface area (Å²) < 4.78 is 33.8. The van der Waals surface area contributed by atoms with E-state index >= 15 is 4.39 Å². The van der Waals surface area contributed by atoms with Crippen LogP contribution < -0.4 is 15.0 Å². The Morgan fingerprint density at radius 3 is 2.48 bits per heavy atom. The highest BCUT2D eigenvalue weighted by Crippen LogP contribution is 2.39. The molecule has 42 heavy (non-hydrogen) atoms. The molecule has 7 heteroatoms. The van der Waals surface area contributed by atoms with E-state index in [1.807, 2.05) is 30.3 Å². The molecule has 5 rings (SSSR count). The van der Waals surface area contributed by atoms with Gasteiger partial charge in [0, 0.05) is 29.9 Å². The zero-order chi connectivity index (χ0) is 29.9. The van der Waals surface area contributed by atoms with Crippen molar-refractivity contribution in [2.45, 2.75) is 84.2 Å². The van der Waals surface area contributed by atoms with E-state index in [4.69, 9.17) is 14.2 Å². The predicted octanol–water partition coefficient (Wildman–Crippen LogP) is 7.98. The number of rotatable bonds is 8. The molecule has 2 saturated heterocycles. The summed E-state index contributed by atoms with van der Waals surface area (Å²) in [6.45, 7) is 12.3. The van der Waals surface area contributed by atoms with Gasteiger partial charge in [0.05, 0.1) is 18.2 Å². The van der Waals surface area contributed by atoms with Crippen molar-refractivity contribution in [3.63, 3.8) is 0 Å². The maximum atomic E-state index is 16.2. The summed E-state index contributed by atoms with van der Waals surface area (Å²) in [5.41, 5.74) is 4.24. The molecular formula is C35H43FN2O4. The lowest BCUT2D eigenvalue weighted by Gasteiger charge is -2.48. The molecule has 2 aliphatic rings. The maximum Gasteiger partial charge on any atom is 0.408 e. The molecule has 1 N–H and O–H groups in total. The van der Waals surface area contributed by atoms with Crippen LogP contribution in [0.25, 0.3) is 11.1 Å². The second-order valence-corrected chi connectivity index (χ2v) is 12.5. The first-order chi connectivity index (χ1) is 20.1. The first-order valence-electron chi connectivity index (χ1n) is 15.1. The van der Waals surface area contributed by atoms with Gasteiger partial charge in [-0.3, -0.25) is 0 Å². The number of benzene rings is 3. The van der Waals surface area contributed by atoms with E-state index in [0.717, 1.165) is 73.5 Å². The topological polar surface area (TPSA) is 60.0 Å². The van der Waals surface area contributed by atoms with Gasteiger partial charge >= 0.3 is 6.09 Å². The lowest BCUT2D eigenvalue weighted by Crippen LogP contribution is -2.52. The molecule has 2 fully saturated rings. The van der Waals surface area contributed by atoms with Gasteiger partial charge in [-0.05, 0) is 94.3 Å². The number of ether oxygens (including phenoxy) is 3. The highest BCUT2D eigenvalue weighted by molar-refractivity contribution is 5.72. The molecule has 1 amide bonds. The molecule has 2 aliphatic heterocycles. The molecule has 3 aromatic rings. The third-order valence-electron chi connectivity index (χ3n) is 8.27. The van der Waals surface area contributed by atoms with Crippen molar-refractivity contribution < 1.29 is 23.4 Å². The Kier molecular flexibility index (Phi) is 8.78. The predicted molar refractivity (Wildman–Crippen MR) is 165 cm³/mol. The van der Waals surface area contributed by atoms with Crippen molar-refractivity contribution in [1.29, 1.82) is 0 Å². The van der Waals surface area contributed by atoms with Crippen LogP contribution in [-0.2, 0) is 22.5 Å². The fourth-order valence-electron chi connectivity index (χ4n) is 5.82. The standard InChI is InChI=1S/C35H43FN2O4/c1-6-26-10-7-8-13-31(26)40-23-25-20-27(22-28(21-25)38-17-14-35(15-18-38)16-19-41-35)30-12-9-11-29(32(30)36)24(2)37-33(39)42-34(3,4)5/h7-13,20-22,24H,6,14-19,23H2,1-5H3,(H,37,39). The maximum absolute atomic E-state index is 16.2. The molecule has 0 bridgehead atoms. The average Bonchev–Trinajstić information content (AvgIpc) is 2.94. The number of piperidine rings is 1. The smallest absolute Gasteiger partial charge is 0.408 e. The zero-order valence-electron chi connectivity index (χ0n) is 25.5. The molecule has 3 aromatic carbocycles. The Morgan fingerprint density at radius 2 is 1.81 bits per heavy atom. The van der Waals surface area contributed by atoms with Gasteiger partial charge in [0.1, 0.15) is 23.8 Å². The van der Waals surface area contributed by atoms with Crippen molar-refractivity contribution in [2.24, 2.45) is 0 Å². The molecule has 224 valence electrons. The Labute approximate surface area is 249 Å².